The Labute approximate surface area is 149 Å². The zero-order valence-electron chi connectivity index (χ0n) is 14.8. The summed E-state index contributed by atoms with van der Waals surface area (Å²) in [6.45, 7) is 6.81. The second kappa shape index (κ2) is 6.69. The van der Waals surface area contributed by atoms with E-state index in [2.05, 4.69) is 33.6 Å². The summed E-state index contributed by atoms with van der Waals surface area (Å²) >= 11 is 0. The summed E-state index contributed by atoms with van der Waals surface area (Å²) in [6.07, 6.45) is -2.70. The van der Waals surface area contributed by atoms with Gasteiger partial charge in [0.05, 0.1) is 18.2 Å². The number of rotatable bonds is 3. The van der Waals surface area contributed by atoms with Crippen molar-refractivity contribution >= 4 is 5.91 Å². The van der Waals surface area contributed by atoms with E-state index in [-0.39, 0.29) is 24.1 Å². The average Bonchev–Trinajstić information content (AvgIpc) is 2.94. The lowest BCUT2D eigenvalue weighted by molar-refractivity contribution is -0.141. The van der Waals surface area contributed by atoms with Crippen LogP contribution in [0.5, 0.6) is 0 Å². The van der Waals surface area contributed by atoms with E-state index in [1.165, 1.54) is 6.07 Å². The molecule has 2 aromatic rings. The molecule has 0 aromatic carbocycles. The Bertz CT molecular complexity index is 798. The Hall–Kier alpha value is -2.45. The van der Waals surface area contributed by atoms with Crippen LogP contribution in [0.2, 0.25) is 0 Å². The first-order chi connectivity index (χ1) is 12.2. The van der Waals surface area contributed by atoms with Crippen LogP contribution >= 0.6 is 0 Å². The number of hydrogen-bond donors (Lipinski definition) is 0. The van der Waals surface area contributed by atoms with Crippen LogP contribution in [-0.4, -0.2) is 37.1 Å². The topological polar surface area (TPSA) is 63.9 Å². The first-order valence-corrected chi connectivity index (χ1v) is 8.39. The molecule has 1 aliphatic rings. The largest absolute Gasteiger partial charge is 0.433 e. The molecule has 1 atom stereocenters. The van der Waals surface area contributed by atoms with E-state index >= 15 is 0 Å². The normalized spacial score (nSPS) is 17.5. The van der Waals surface area contributed by atoms with Gasteiger partial charge in [-0.3, -0.25) is 9.78 Å². The lowest BCUT2D eigenvalue weighted by atomic mass is 10.0. The first kappa shape index (κ1) is 18.3. The van der Waals surface area contributed by atoms with Crippen LogP contribution in [-0.2, 0) is 12.7 Å². The summed E-state index contributed by atoms with van der Waals surface area (Å²) < 4.78 is 40.0. The van der Waals surface area contributed by atoms with Crippen molar-refractivity contribution < 1.29 is 18.0 Å². The van der Waals surface area contributed by atoms with Gasteiger partial charge in [0.15, 0.2) is 5.82 Å². The van der Waals surface area contributed by atoms with Crippen molar-refractivity contribution in [2.45, 2.75) is 46.0 Å². The van der Waals surface area contributed by atoms with Crippen LogP contribution in [0.15, 0.2) is 18.3 Å². The Balaban J connectivity index is 1.84. The van der Waals surface area contributed by atoms with Crippen molar-refractivity contribution in [2.75, 3.05) is 6.54 Å². The highest BCUT2D eigenvalue weighted by atomic mass is 19.4. The molecule has 140 valence electrons. The van der Waals surface area contributed by atoms with E-state index in [1.807, 2.05) is 6.92 Å². The molecule has 26 heavy (non-hydrogen) atoms. The monoisotopic (exact) mass is 367 g/mol. The lowest BCUT2D eigenvalue weighted by Crippen LogP contribution is -2.42. The third-order valence-electron chi connectivity index (χ3n) is 4.40. The van der Waals surface area contributed by atoms with Gasteiger partial charge >= 0.3 is 6.18 Å². The Morgan fingerprint density at radius 1 is 1.31 bits per heavy atom. The first-order valence-electron chi connectivity index (χ1n) is 8.39. The minimum atomic E-state index is -4.52. The summed E-state index contributed by atoms with van der Waals surface area (Å²) in [7, 11) is 0. The third-order valence-corrected chi connectivity index (χ3v) is 4.40. The molecule has 0 saturated heterocycles. The third kappa shape index (κ3) is 3.56. The van der Waals surface area contributed by atoms with Gasteiger partial charge in [-0.1, -0.05) is 13.8 Å². The van der Waals surface area contributed by atoms with Crippen molar-refractivity contribution in [3.05, 3.63) is 41.2 Å². The van der Waals surface area contributed by atoms with Crippen molar-refractivity contribution in [3.8, 4) is 0 Å². The van der Waals surface area contributed by atoms with Crippen LogP contribution in [0.3, 0.4) is 0 Å². The van der Waals surface area contributed by atoms with Gasteiger partial charge in [-0.05, 0) is 31.4 Å². The molecule has 0 spiro atoms. The Morgan fingerprint density at radius 3 is 2.62 bits per heavy atom. The maximum absolute atomic E-state index is 12.8. The van der Waals surface area contributed by atoms with Gasteiger partial charge in [0, 0.05) is 12.7 Å². The fraction of sp³-hybridized carbons (Fsp3) is 0.529. The number of hydrogen-bond acceptors (Lipinski definition) is 4. The van der Waals surface area contributed by atoms with Gasteiger partial charge in [0.1, 0.15) is 11.5 Å². The van der Waals surface area contributed by atoms with Crippen molar-refractivity contribution in [2.24, 2.45) is 5.92 Å². The number of aryl methyl sites for hydroxylation is 1. The summed E-state index contributed by atoms with van der Waals surface area (Å²) in [5.74, 6) is 1.55. The van der Waals surface area contributed by atoms with Gasteiger partial charge in [-0.15, -0.1) is 10.2 Å². The number of fused-ring (bicyclic) bond motifs is 1. The number of carbonyl (C=O) groups is 1. The van der Waals surface area contributed by atoms with Crippen molar-refractivity contribution in [1.29, 1.82) is 0 Å². The highest BCUT2D eigenvalue weighted by Gasteiger charge is 2.34. The van der Waals surface area contributed by atoms with E-state index in [4.69, 9.17) is 0 Å². The highest BCUT2D eigenvalue weighted by molar-refractivity contribution is 5.94. The lowest BCUT2D eigenvalue weighted by Gasteiger charge is -2.35. The molecule has 0 bridgehead atoms. The summed E-state index contributed by atoms with van der Waals surface area (Å²) in [4.78, 5) is 17.7. The summed E-state index contributed by atoms with van der Waals surface area (Å²) in [5.41, 5.74) is -0.883. The predicted molar refractivity (Wildman–Crippen MR) is 87.2 cm³/mol. The molecule has 1 amide bonds. The minimum absolute atomic E-state index is 0.0418. The number of amides is 1. The average molecular weight is 367 g/mol. The van der Waals surface area contributed by atoms with Crippen LogP contribution in [0.25, 0.3) is 0 Å². The van der Waals surface area contributed by atoms with Crippen LogP contribution in [0.4, 0.5) is 13.2 Å². The molecule has 0 N–H and O–H groups in total. The number of carbonyl (C=O) groups excluding carboxylic acids is 1. The van der Waals surface area contributed by atoms with E-state index in [9.17, 15) is 18.0 Å². The second-order valence-corrected chi connectivity index (χ2v) is 6.93. The van der Waals surface area contributed by atoms with Gasteiger partial charge in [-0.25, -0.2) is 0 Å². The quantitative estimate of drug-likeness (QED) is 0.835. The SMILES string of the molecule is Cc1nnc2n1[C@@H](CC(C)C)CN(C(=O)c1ccc(C(F)(F)F)nc1)C2. The Morgan fingerprint density at radius 2 is 2.04 bits per heavy atom. The number of nitrogens with zero attached hydrogens (tertiary/aromatic N) is 5. The molecule has 2 aromatic heterocycles. The maximum Gasteiger partial charge on any atom is 0.433 e. The van der Waals surface area contributed by atoms with E-state index in [1.54, 1.807) is 4.90 Å². The van der Waals surface area contributed by atoms with Gasteiger partial charge in [0.25, 0.3) is 5.91 Å². The molecule has 3 heterocycles. The van der Waals surface area contributed by atoms with Crippen LogP contribution < -0.4 is 0 Å². The number of aromatic nitrogens is 4. The number of halogens is 3. The molecule has 0 radical (unpaired) electrons. The molecular formula is C17H20F3N5O. The zero-order valence-corrected chi connectivity index (χ0v) is 14.8. The molecule has 0 fully saturated rings. The summed E-state index contributed by atoms with van der Waals surface area (Å²) in [6, 6.07) is 2.04. The van der Waals surface area contributed by atoms with Gasteiger partial charge in [0.2, 0.25) is 0 Å². The Kier molecular flexibility index (Phi) is 4.72. The van der Waals surface area contributed by atoms with E-state index in [0.717, 1.165) is 24.5 Å². The smallest absolute Gasteiger partial charge is 0.329 e. The number of pyridine rings is 1. The predicted octanol–water partition coefficient (Wildman–Crippen LogP) is 3.24. The van der Waals surface area contributed by atoms with Crippen molar-refractivity contribution in [1.82, 2.24) is 24.6 Å². The fourth-order valence-corrected chi connectivity index (χ4v) is 3.32. The minimum Gasteiger partial charge on any atom is -0.329 e. The van der Waals surface area contributed by atoms with Crippen molar-refractivity contribution in [3.63, 3.8) is 0 Å². The van der Waals surface area contributed by atoms with Crippen LogP contribution in [0, 0.1) is 12.8 Å². The number of alkyl halides is 3. The molecule has 0 aliphatic carbocycles. The summed E-state index contributed by atoms with van der Waals surface area (Å²) in [5, 5.41) is 8.24. The van der Waals surface area contributed by atoms with E-state index in [0.29, 0.717) is 18.3 Å². The van der Waals surface area contributed by atoms with Gasteiger partial charge < -0.3 is 9.47 Å². The van der Waals surface area contributed by atoms with E-state index < -0.39 is 11.9 Å². The zero-order chi connectivity index (χ0) is 19.1. The molecule has 0 saturated carbocycles. The van der Waals surface area contributed by atoms with Gasteiger partial charge in [-0.2, -0.15) is 13.2 Å². The molecule has 6 nitrogen and oxygen atoms in total. The highest BCUT2D eigenvalue weighted by Crippen LogP contribution is 2.29. The molecular weight excluding hydrogens is 347 g/mol. The maximum atomic E-state index is 12.8. The fourth-order valence-electron chi connectivity index (χ4n) is 3.32. The van der Waals surface area contributed by atoms with Crippen LogP contribution in [0.1, 0.15) is 54.0 Å². The molecule has 9 heteroatoms. The molecule has 1 aliphatic heterocycles. The molecule has 0 unspecified atom stereocenters. The second-order valence-electron chi connectivity index (χ2n) is 6.93. The molecule has 3 rings (SSSR count). The standard InChI is InChI=1S/C17H20F3N5O/c1-10(2)6-13-8-24(9-15-23-22-11(3)25(13)15)16(26)12-4-5-14(21-7-12)17(18,19)20/h4-5,7,10,13H,6,8-9H2,1-3H3/t13-/m0/s1.